The maximum atomic E-state index is 12.7. The quantitative estimate of drug-likeness (QED) is 0.246. The number of piperazine rings is 1. The lowest BCUT2D eigenvalue weighted by atomic mass is 10.2. The molecule has 0 radical (unpaired) electrons. The number of unbranched alkanes of at least 4 members (excludes halogenated alkanes) is 1. The van der Waals surface area contributed by atoms with Crippen LogP contribution in [0, 0.1) is 6.92 Å². The lowest BCUT2D eigenvalue weighted by Gasteiger charge is -2.39. The van der Waals surface area contributed by atoms with Gasteiger partial charge in [0, 0.05) is 63.9 Å². The number of hydrogen-bond donors (Lipinski definition) is 1. The van der Waals surface area contributed by atoms with Crippen molar-refractivity contribution in [3.63, 3.8) is 0 Å². The van der Waals surface area contributed by atoms with E-state index in [1.165, 1.54) is 5.01 Å². The molecule has 170 valence electrons. The molecule has 1 N–H and O–H groups in total. The van der Waals surface area contributed by atoms with E-state index in [1.54, 1.807) is 11.3 Å². The molecule has 1 aromatic rings. The molecule has 30 heavy (non-hydrogen) atoms. The molecule has 2 aliphatic rings. The van der Waals surface area contributed by atoms with Gasteiger partial charge in [0.05, 0.1) is 11.0 Å². The van der Waals surface area contributed by atoms with Crippen LogP contribution in [0.1, 0.15) is 43.3 Å². The maximum Gasteiger partial charge on any atom is 0.239 e. The van der Waals surface area contributed by atoms with Gasteiger partial charge in [-0.2, -0.15) is 0 Å². The van der Waals surface area contributed by atoms with Gasteiger partial charge in [0.2, 0.25) is 5.91 Å². The number of amides is 1. The highest BCUT2D eigenvalue weighted by Gasteiger charge is 2.30. The van der Waals surface area contributed by atoms with Gasteiger partial charge in [0.1, 0.15) is 0 Å². The monoisotopic (exact) mass is 548 g/mol. The first-order chi connectivity index (χ1) is 14.1. The molecule has 2 fully saturated rings. The van der Waals surface area contributed by atoms with Crippen LogP contribution in [0.4, 0.5) is 0 Å². The molecule has 2 saturated heterocycles. The van der Waals surface area contributed by atoms with Gasteiger partial charge in [-0.15, -0.1) is 35.3 Å². The Hall–Kier alpha value is -0.940. The second kappa shape index (κ2) is 12.8. The van der Waals surface area contributed by atoms with Crippen LogP contribution in [0.15, 0.2) is 10.4 Å². The first-order valence-corrected chi connectivity index (χ1v) is 11.9. The van der Waals surface area contributed by atoms with E-state index in [-0.39, 0.29) is 30.0 Å². The summed E-state index contributed by atoms with van der Waals surface area (Å²) >= 11 is 1.76. The van der Waals surface area contributed by atoms with Crippen LogP contribution in [0.3, 0.4) is 0 Å². The van der Waals surface area contributed by atoms with Crippen LogP contribution in [0.25, 0.3) is 0 Å². The largest absolute Gasteiger partial charge is 0.356 e. The maximum absolute atomic E-state index is 12.7. The highest BCUT2D eigenvalue weighted by Crippen LogP contribution is 2.14. The first-order valence-electron chi connectivity index (χ1n) is 11.0. The molecule has 0 aromatic carbocycles. The van der Waals surface area contributed by atoms with E-state index < -0.39 is 0 Å². The van der Waals surface area contributed by atoms with E-state index in [0.29, 0.717) is 5.91 Å². The van der Waals surface area contributed by atoms with E-state index in [2.05, 4.69) is 37.4 Å². The number of nitrogens with one attached hydrogen (secondary N) is 1. The van der Waals surface area contributed by atoms with Gasteiger partial charge in [-0.3, -0.25) is 14.7 Å². The van der Waals surface area contributed by atoms with E-state index in [4.69, 9.17) is 0 Å². The van der Waals surface area contributed by atoms with Gasteiger partial charge in [-0.1, -0.05) is 0 Å². The van der Waals surface area contributed by atoms with Crippen molar-refractivity contribution in [2.24, 2.45) is 4.99 Å². The van der Waals surface area contributed by atoms with Crippen molar-refractivity contribution in [2.45, 2.75) is 52.0 Å². The van der Waals surface area contributed by atoms with Crippen LogP contribution in [0.2, 0.25) is 0 Å². The van der Waals surface area contributed by atoms with Gasteiger partial charge in [-0.05, 0) is 46.0 Å². The third-order valence-corrected chi connectivity index (χ3v) is 6.94. The molecular weight excluding hydrogens is 511 g/mol. The standard InChI is InChI=1S/C21H36N6OS.HI/c1-17-16-29-19(24-17)8-4-5-9-23-21(22-3)27-14-12-25(13-15-27)18(2)20(28)26-10-6-7-11-26;/h16,18H,4-15H2,1-3H3,(H,22,23);1H. The van der Waals surface area contributed by atoms with Crippen LogP contribution >= 0.6 is 35.3 Å². The number of aryl methyl sites for hydroxylation is 2. The minimum absolute atomic E-state index is 0. The average Bonchev–Trinajstić information content (AvgIpc) is 3.42. The van der Waals surface area contributed by atoms with Gasteiger partial charge in [0.15, 0.2) is 5.96 Å². The summed E-state index contributed by atoms with van der Waals surface area (Å²) in [6.07, 6.45) is 5.61. The van der Waals surface area contributed by atoms with Crippen LogP contribution in [0.5, 0.6) is 0 Å². The van der Waals surface area contributed by atoms with Gasteiger partial charge in [0.25, 0.3) is 0 Å². The van der Waals surface area contributed by atoms with E-state index in [1.807, 2.05) is 18.9 Å². The van der Waals surface area contributed by atoms with Gasteiger partial charge >= 0.3 is 0 Å². The molecule has 0 bridgehead atoms. The number of aliphatic imine (C=N–C) groups is 1. The highest BCUT2D eigenvalue weighted by molar-refractivity contribution is 14.0. The molecule has 1 aromatic heterocycles. The van der Waals surface area contributed by atoms with E-state index in [9.17, 15) is 4.79 Å². The van der Waals surface area contributed by atoms with Gasteiger partial charge in [-0.25, -0.2) is 4.98 Å². The van der Waals surface area contributed by atoms with Crippen molar-refractivity contribution in [3.05, 3.63) is 16.1 Å². The fraction of sp³-hybridized carbons (Fsp3) is 0.762. The topological polar surface area (TPSA) is 64.1 Å². The predicted molar refractivity (Wildman–Crippen MR) is 135 cm³/mol. The van der Waals surface area contributed by atoms with Crippen molar-refractivity contribution in [1.82, 2.24) is 25.0 Å². The lowest BCUT2D eigenvalue weighted by Crippen LogP contribution is -2.57. The number of thiazole rings is 1. The predicted octanol–water partition coefficient (Wildman–Crippen LogP) is 2.60. The number of carbonyl (C=O) groups is 1. The van der Waals surface area contributed by atoms with Gasteiger partial charge < -0.3 is 15.1 Å². The Balaban J connectivity index is 0.00000320. The van der Waals surface area contributed by atoms with Crippen molar-refractivity contribution >= 4 is 47.2 Å². The minimum Gasteiger partial charge on any atom is -0.356 e. The third kappa shape index (κ3) is 7.05. The number of carbonyl (C=O) groups excluding carboxylic acids is 1. The Morgan fingerprint density at radius 2 is 1.87 bits per heavy atom. The third-order valence-electron chi connectivity index (χ3n) is 5.92. The molecule has 3 rings (SSSR count). The Bertz CT molecular complexity index is 683. The summed E-state index contributed by atoms with van der Waals surface area (Å²) in [6.45, 7) is 10.5. The fourth-order valence-electron chi connectivity index (χ4n) is 4.13. The van der Waals surface area contributed by atoms with Crippen LogP contribution in [-0.2, 0) is 11.2 Å². The van der Waals surface area contributed by atoms with E-state index >= 15 is 0 Å². The summed E-state index contributed by atoms with van der Waals surface area (Å²) in [5.41, 5.74) is 1.12. The number of aromatic nitrogens is 1. The number of halogens is 1. The van der Waals surface area contributed by atoms with E-state index in [0.717, 1.165) is 89.6 Å². The molecular formula is C21H37IN6OS. The summed E-state index contributed by atoms with van der Waals surface area (Å²) in [7, 11) is 1.85. The fourth-order valence-corrected chi connectivity index (χ4v) is 4.95. The Labute approximate surface area is 202 Å². The van der Waals surface area contributed by atoms with Crippen molar-refractivity contribution in [3.8, 4) is 0 Å². The van der Waals surface area contributed by atoms with Crippen LogP contribution in [-0.4, -0.2) is 90.5 Å². The molecule has 7 nitrogen and oxygen atoms in total. The Morgan fingerprint density at radius 3 is 2.47 bits per heavy atom. The SMILES string of the molecule is CN=C(NCCCCc1nc(C)cs1)N1CCN(C(C)C(=O)N2CCCC2)CC1.I. The molecule has 2 aliphatic heterocycles. The summed E-state index contributed by atoms with van der Waals surface area (Å²) in [4.78, 5) is 28.3. The van der Waals surface area contributed by atoms with Crippen molar-refractivity contribution in [1.29, 1.82) is 0 Å². The molecule has 1 amide bonds. The zero-order valence-corrected chi connectivity index (χ0v) is 21.7. The summed E-state index contributed by atoms with van der Waals surface area (Å²) < 4.78 is 0. The number of guanidine groups is 1. The molecule has 0 saturated carbocycles. The minimum atomic E-state index is -0.0141. The van der Waals surface area contributed by atoms with Crippen molar-refractivity contribution in [2.75, 3.05) is 52.9 Å². The number of nitrogens with zero attached hydrogens (tertiary/aromatic N) is 5. The second-order valence-electron chi connectivity index (χ2n) is 8.05. The summed E-state index contributed by atoms with van der Waals surface area (Å²) in [5, 5.41) is 6.86. The first kappa shape index (κ1) is 25.3. The molecule has 1 atom stereocenters. The molecule has 1 unspecified atom stereocenters. The average molecular weight is 549 g/mol. The summed E-state index contributed by atoms with van der Waals surface area (Å²) in [5.74, 6) is 1.28. The van der Waals surface area contributed by atoms with Crippen LogP contribution < -0.4 is 5.32 Å². The Morgan fingerprint density at radius 1 is 1.17 bits per heavy atom. The van der Waals surface area contributed by atoms with Crippen molar-refractivity contribution < 1.29 is 4.79 Å². The number of likely N-dealkylation sites (tertiary alicyclic amines) is 1. The number of rotatable bonds is 7. The zero-order chi connectivity index (χ0) is 20.6. The normalized spacial score (nSPS) is 19.0. The molecule has 0 aliphatic carbocycles. The number of hydrogen-bond acceptors (Lipinski definition) is 5. The second-order valence-corrected chi connectivity index (χ2v) is 8.99. The smallest absolute Gasteiger partial charge is 0.239 e. The lowest BCUT2D eigenvalue weighted by molar-refractivity contribution is -0.135. The molecule has 9 heteroatoms. The summed E-state index contributed by atoms with van der Waals surface area (Å²) in [6, 6.07) is -0.0141. The zero-order valence-electron chi connectivity index (χ0n) is 18.6. The molecule has 0 spiro atoms. The highest BCUT2D eigenvalue weighted by atomic mass is 127. The Kier molecular flexibility index (Phi) is 10.8. The molecule has 3 heterocycles.